The summed E-state index contributed by atoms with van der Waals surface area (Å²) >= 11 is 5.74. The molecule has 0 bridgehead atoms. The van der Waals surface area contributed by atoms with Crippen molar-refractivity contribution in [2.24, 2.45) is 0 Å². The largest absolute Gasteiger partial charge is 0.377 e. The molecule has 15 heavy (non-hydrogen) atoms. The van der Waals surface area contributed by atoms with Crippen molar-refractivity contribution in [1.82, 2.24) is 10.2 Å². The van der Waals surface area contributed by atoms with E-state index >= 15 is 0 Å². The van der Waals surface area contributed by atoms with Gasteiger partial charge in [-0.2, -0.15) is 5.10 Å². The second-order valence-electron chi connectivity index (χ2n) is 3.58. The SMILES string of the molecule is CC(C)OCCN(C)c1cnnc(Cl)c1. The average Bonchev–Trinajstić information content (AvgIpc) is 2.17. The van der Waals surface area contributed by atoms with E-state index in [2.05, 4.69) is 10.2 Å². The zero-order chi connectivity index (χ0) is 11.3. The highest BCUT2D eigenvalue weighted by atomic mass is 35.5. The summed E-state index contributed by atoms with van der Waals surface area (Å²) in [6.07, 6.45) is 1.94. The molecular weight excluding hydrogens is 214 g/mol. The van der Waals surface area contributed by atoms with E-state index in [4.69, 9.17) is 16.3 Å². The Morgan fingerprint density at radius 2 is 2.27 bits per heavy atom. The van der Waals surface area contributed by atoms with Gasteiger partial charge < -0.3 is 9.64 Å². The molecular formula is C10H16ClN3O. The first-order valence-electron chi connectivity index (χ1n) is 4.90. The van der Waals surface area contributed by atoms with E-state index in [0.29, 0.717) is 11.8 Å². The van der Waals surface area contributed by atoms with Crippen LogP contribution < -0.4 is 4.90 Å². The molecule has 0 fully saturated rings. The summed E-state index contributed by atoms with van der Waals surface area (Å²) in [5.41, 5.74) is 0.947. The van der Waals surface area contributed by atoms with Crippen LogP contribution in [0.2, 0.25) is 5.15 Å². The molecule has 0 amide bonds. The molecule has 0 aliphatic heterocycles. The number of rotatable bonds is 5. The number of hydrogen-bond donors (Lipinski definition) is 0. The third-order valence-corrected chi connectivity index (χ3v) is 2.11. The van der Waals surface area contributed by atoms with E-state index in [1.807, 2.05) is 25.8 Å². The normalized spacial score (nSPS) is 10.7. The van der Waals surface area contributed by atoms with Gasteiger partial charge >= 0.3 is 0 Å². The van der Waals surface area contributed by atoms with Gasteiger partial charge in [-0.05, 0) is 13.8 Å². The molecule has 84 valence electrons. The molecule has 0 atom stereocenters. The fourth-order valence-corrected chi connectivity index (χ4v) is 1.25. The van der Waals surface area contributed by atoms with E-state index in [9.17, 15) is 0 Å². The number of nitrogens with zero attached hydrogens (tertiary/aromatic N) is 3. The highest BCUT2D eigenvalue weighted by molar-refractivity contribution is 6.29. The van der Waals surface area contributed by atoms with E-state index in [1.54, 1.807) is 12.3 Å². The van der Waals surface area contributed by atoms with Crippen molar-refractivity contribution in [3.05, 3.63) is 17.4 Å². The first-order chi connectivity index (χ1) is 7.09. The summed E-state index contributed by atoms with van der Waals surface area (Å²) in [5, 5.41) is 7.88. The van der Waals surface area contributed by atoms with Crippen LogP contribution in [0.5, 0.6) is 0 Å². The molecule has 1 rings (SSSR count). The first kappa shape index (κ1) is 12.2. The van der Waals surface area contributed by atoms with Crippen molar-refractivity contribution < 1.29 is 4.74 Å². The Morgan fingerprint density at radius 1 is 1.53 bits per heavy atom. The summed E-state index contributed by atoms with van der Waals surface area (Å²) in [6, 6.07) is 1.78. The Morgan fingerprint density at radius 3 is 2.87 bits per heavy atom. The van der Waals surface area contributed by atoms with Gasteiger partial charge in [0.05, 0.1) is 24.6 Å². The third-order valence-electron chi connectivity index (χ3n) is 1.93. The molecule has 0 aliphatic rings. The van der Waals surface area contributed by atoms with Gasteiger partial charge in [0, 0.05) is 19.7 Å². The molecule has 0 radical (unpaired) electrons. The summed E-state index contributed by atoms with van der Waals surface area (Å²) in [4.78, 5) is 2.03. The average molecular weight is 230 g/mol. The van der Waals surface area contributed by atoms with Gasteiger partial charge in [0.15, 0.2) is 5.15 Å². The molecule has 0 saturated carbocycles. The zero-order valence-corrected chi connectivity index (χ0v) is 10.0. The fourth-order valence-electron chi connectivity index (χ4n) is 1.09. The summed E-state index contributed by atoms with van der Waals surface area (Å²) < 4.78 is 5.45. The Kier molecular flexibility index (Phi) is 4.78. The highest BCUT2D eigenvalue weighted by Gasteiger charge is 2.03. The second-order valence-corrected chi connectivity index (χ2v) is 3.96. The Hall–Kier alpha value is -0.870. The van der Waals surface area contributed by atoms with Crippen molar-refractivity contribution in [2.45, 2.75) is 20.0 Å². The monoisotopic (exact) mass is 229 g/mol. The van der Waals surface area contributed by atoms with Crippen molar-refractivity contribution in [1.29, 1.82) is 0 Å². The topological polar surface area (TPSA) is 38.2 Å². The fraction of sp³-hybridized carbons (Fsp3) is 0.600. The van der Waals surface area contributed by atoms with Crippen LogP contribution in [-0.4, -0.2) is 36.5 Å². The minimum atomic E-state index is 0.262. The number of likely N-dealkylation sites (N-methyl/N-ethyl adjacent to an activating group) is 1. The molecule has 4 nitrogen and oxygen atoms in total. The van der Waals surface area contributed by atoms with Crippen molar-refractivity contribution >= 4 is 17.3 Å². The predicted octanol–water partition coefficient (Wildman–Crippen LogP) is 1.99. The molecule has 1 aromatic heterocycles. The molecule has 0 saturated heterocycles. The summed E-state index contributed by atoms with van der Waals surface area (Å²) in [7, 11) is 1.97. The van der Waals surface area contributed by atoms with Gasteiger partial charge in [-0.15, -0.1) is 5.10 Å². The van der Waals surface area contributed by atoms with Crippen LogP contribution in [0.4, 0.5) is 5.69 Å². The van der Waals surface area contributed by atoms with Crippen LogP contribution in [0.3, 0.4) is 0 Å². The summed E-state index contributed by atoms with van der Waals surface area (Å²) in [6.45, 7) is 5.53. The molecule has 0 unspecified atom stereocenters. The van der Waals surface area contributed by atoms with Gasteiger partial charge in [-0.1, -0.05) is 11.6 Å². The van der Waals surface area contributed by atoms with Gasteiger partial charge in [0.25, 0.3) is 0 Å². The van der Waals surface area contributed by atoms with E-state index in [1.165, 1.54) is 0 Å². The first-order valence-corrected chi connectivity index (χ1v) is 5.28. The molecule has 5 heteroatoms. The zero-order valence-electron chi connectivity index (χ0n) is 9.27. The van der Waals surface area contributed by atoms with Crippen LogP contribution in [0, 0.1) is 0 Å². The van der Waals surface area contributed by atoms with E-state index in [0.717, 1.165) is 12.2 Å². The number of hydrogen-bond acceptors (Lipinski definition) is 4. The Balaban J connectivity index is 2.43. The van der Waals surface area contributed by atoms with Gasteiger partial charge in [-0.25, -0.2) is 0 Å². The van der Waals surface area contributed by atoms with Crippen molar-refractivity contribution in [2.75, 3.05) is 25.1 Å². The van der Waals surface area contributed by atoms with Gasteiger partial charge in [0.2, 0.25) is 0 Å². The van der Waals surface area contributed by atoms with Crippen LogP contribution in [0.15, 0.2) is 12.3 Å². The molecule has 1 aromatic rings. The minimum Gasteiger partial charge on any atom is -0.377 e. The lowest BCUT2D eigenvalue weighted by Crippen LogP contribution is -2.24. The van der Waals surface area contributed by atoms with Crippen LogP contribution in [-0.2, 0) is 4.74 Å². The second kappa shape index (κ2) is 5.88. The van der Waals surface area contributed by atoms with Crippen molar-refractivity contribution in [3.8, 4) is 0 Å². The maximum Gasteiger partial charge on any atom is 0.153 e. The lowest BCUT2D eigenvalue weighted by molar-refractivity contribution is 0.0846. The standard InChI is InChI=1S/C10H16ClN3O/c1-8(2)15-5-4-14(3)9-6-10(11)13-12-7-9/h6-8H,4-5H2,1-3H3. The number of ether oxygens (including phenoxy) is 1. The number of aromatic nitrogens is 2. The molecule has 1 heterocycles. The highest BCUT2D eigenvalue weighted by Crippen LogP contribution is 2.13. The van der Waals surface area contributed by atoms with E-state index < -0.39 is 0 Å². The Labute approximate surface area is 95.2 Å². The molecule has 0 N–H and O–H groups in total. The van der Waals surface area contributed by atoms with Crippen molar-refractivity contribution in [3.63, 3.8) is 0 Å². The molecule has 0 aliphatic carbocycles. The van der Waals surface area contributed by atoms with Gasteiger partial charge in [0.1, 0.15) is 0 Å². The number of anilines is 1. The van der Waals surface area contributed by atoms with E-state index in [-0.39, 0.29) is 6.10 Å². The lowest BCUT2D eigenvalue weighted by Gasteiger charge is -2.19. The summed E-state index contributed by atoms with van der Waals surface area (Å²) in [5.74, 6) is 0. The van der Waals surface area contributed by atoms with Crippen LogP contribution in [0.25, 0.3) is 0 Å². The predicted molar refractivity (Wildman–Crippen MR) is 61.4 cm³/mol. The Bertz CT molecular complexity index is 306. The minimum absolute atomic E-state index is 0.262. The van der Waals surface area contributed by atoms with Crippen LogP contribution in [0.1, 0.15) is 13.8 Å². The molecule has 0 spiro atoms. The maximum absolute atomic E-state index is 5.74. The smallest absolute Gasteiger partial charge is 0.153 e. The lowest BCUT2D eigenvalue weighted by atomic mass is 10.4. The molecule has 0 aromatic carbocycles. The van der Waals surface area contributed by atoms with Crippen LogP contribution >= 0.6 is 11.6 Å². The van der Waals surface area contributed by atoms with Gasteiger partial charge in [-0.3, -0.25) is 0 Å². The number of halogens is 1. The maximum atomic E-state index is 5.74. The quantitative estimate of drug-likeness (QED) is 0.774. The third kappa shape index (κ3) is 4.44.